The van der Waals surface area contributed by atoms with E-state index >= 15 is 0 Å². The number of fused-ring (bicyclic) bond motifs is 2. The van der Waals surface area contributed by atoms with Crippen molar-refractivity contribution < 1.29 is 9.53 Å². The fourth-order valence-electron chi connectivity index (χ4n) is 4.58. The molecule has 0 radical (unpaired) electrons. The number of ether oxygens (including phenoxy) is 1. The van der Waals surface area contributed by atoms with Gasteiger partial charge in [0.15, 0.2) is 0 Å². The predicted octanol–water partition coefficient (Wildman–Crippen LogP) is 3.17. The van der Waals surface area contributed by atoms with E-state index in [0.717, 1.165) is 44.3 Å². The Morgan fingerprint density at radius 3 is 2.50 bits per heavy atom. The summed E-state index contributed by atoms with van der Waals surface area (Å²) in [6, 6.07) is 4.66. The third-order valence-corrected chi connectivity index (χ3v) is 5.59. The third-order valence-electron chi connectivity index (χ3n) is 5.59. The fraction of sp³-hybridized carbons (Fsp3) is 0.667. The van der Waals surface area contributed by atoms with E-state index in [4.69, 9.17) is 4.74 Å². The molecule has 1 aliphatic carbocycles. The van der Waals surface area contributed by atoms with Crippen LogP contribution in [0.1, 0.15) is 51.4 Å². The molecule has 4 heteroatoms. The normalized spacial score (nSPS) is 31.5. The minimum atomic E-state index is 0.231. The highest BCUT2D eigenvalue weighted by molar-refractivity contribution is 5.80. The summed E-state index contributed by atoms with van der Waals surface area (Å²) in [5.41, 5.74) is 0. The van der Waals surface area contributed by atoms with E-state index in [1.807, 2.05) is 12.1 Å². The summed E-state index contributed by atoms with van der Waals surface area (Å²) < 4.78 is 6.09. The largest absolute Gasteiger partial charge is 0.489 e. The third kappa shape index (κ3) is 2.59. The van der Waals surface area contributed by atoms with Crippen molar-refractivity contribution in [3.05, 3.63) is 24.5 Å². The van der Waals surface area contributed by atoms with Crippen LogP contribution in [0, 0.1) is 5.92 Å². The van der Waals surface area contributed by atoms with E-state index in [2.05, 4.69) is 9.88 Å². The van der Waals surface area contributed by atoms with Gasteiger partial charge in [0.05, 0.1) is 6.20 Å². The van der Waals surface area contributed by atoms with Gasteiger partial charge in [-0.15, -0.1) is 0 Å². The Morgan fingerprint density at radius 2 is 1.86 bits per heavy atom. The summed E-state index contributed by atoms with van der Waals surface area (Å²) in [7, 11) is 0. The Bertz CT molecular complexity index is 513. The molecule has 4 nitrogen and oxygen atoms in total. The first-order valence-electron chi connectivity index (χ1n) is 8.70. The molecule has 0 aromatic carbocycles. The molecule has 3 fully saturated rings. The van der Waals surface area contributed by atoms with Crippen LogP contribution in [0.4, 0.5) is 0 Å². The number of carbonyl (C=O) groups is 1. The van der Waals surface area contributed by atoms with Gasteiger partial charge in [0, 0.05) is 37.0 Å². The maximum Gasteiger partial charge on any atom is 0.226 e. The minimum absolute atomic E-state index is 0.231. The lowest BCUT2D eigenvalue weighted by molar-refractivity contribution is -0.141. The molecule has 2 unspecified atom stereocenters. The molecular weight excluding hydrogens is 276 g/mol. The van der Waals surface area contributed by atoms with Gasteiger partial charge in [0.1, 0.15) is 11.9 Å². The van der Waals surface area contributed by atoms with Gasteiger partial charge >= 0.3 is 0 Å². The molecule has 1 saturated carbocycles. The second-order valence-corrected chi connectivity index (χ2v) is 7.01. The summed E-state index contributed by atoms with van der Waals surface area (Å²) >= 11 is 0. The highest BCUT2D eigenvalue weighted by Gasteiger charge is 2.45. The van der Waals surface area contributed by atoms with Gasteiger partial charge in [-0.3, -0.25) is 9.78 Å². The van der Waals surface area contributed by atoms with E-state index in [-0.39, 0.29) is 6.10 Å². The van der Waals surface area contributed by atoms with E-state index in [1.165, 1.54) is 12.8 Å². The monoisotopic (exact) mass is 300 g/mol. The molecule has 1 aromatic heterocycles. The van der Waals surface area contributed by atoms with Crippen molar-refractivity contribution in [3.8, 4) is 5.75 Å². The Morgan fingerprint density at radius 1 is 1.14 bits per heavy atom. The zero-order valence-electron chi connectivity index (χ0n) is 13.0. The van der Waals surface area contributed by atoms with Crippen LogP contribution in [0.15, 0.2) is 24.5 Å². The van der Waals surface area contributed by atoms with Gasteiger partial charge in [-0.25, -0.2) is 0 Å². The molecule has 2 bridgehead atoms. The molecule has 3 aliphatic rings. The Labute approximate surface area is 131 Å². The molecular formula is C18H24N2O2. The number of hydrogen-bond acceptors (Lipinski definition) is 3. The highest BCUT2D eigenvalue weighted by atomic mass is 16.5. The molecule has 3 heterocycles. The standard InChI is InChI=1S/C18H24N2O2/c21-18(13-4-1-2-5-13)20-14-7-8-15(20)11-17(10-14)22-16-6-3-9-19-12-16/h3,6,9,12-15,17H,1-2,4-5,7-8,10-11H2. The first-order chi connectivity index (χ1) is 10.8. The molecule has 2 aliphatic heterocycles. The summed E-state index contributed by atoms with van der Waals surface area (Å²) in [4.78, 5) is 19.1. The van der Waals surface area contributed by atoms with Crippen molar-refractivity contribution in [1.82, 2.24) is 9.88 Å². The molecule has 118 valence electrons. The fourth-order valence-corrected chi connectivity index (χ4v) is 4.58. The first-order valence-corrected chi connectivity index (χ1v) is 8.70. The molecule has 0 spiro atoms. The van der Waals surface area contributed by atoms with Crippen molar-refractivity contribution in [2.75, 3.05) is 0 Å². The summed E-state index contributed by atoms with van der Waals surface area (Å²) in [6.07, 6.45) is 12.7. The predicted molar refractivity (Wildman–Crippen MR) is 83.5 cm³/mol. The number of rotatable bonds is 3. The van der Waals surface area contributed by atoms with Gasteiger partial charge in [-0.2, -0.15) is 0 Å². The zero-order valence-corrected chi connectivity index (χ0v) is 13.0. The minimum Gasteiger partial charge on any atom is -0.489 e. The quantitative estimate of drug-likeness (QED) is 0.861. The van der Waals surface area contributed by atoms with Crippen LogP contribution in [0.5, 0.6) is 5.75 Å². The Kier molecular flexibility index (Phi) is 3.77. The van der Waals surface area contributed by atoms with E-state index in [1.54, 1.807) is 12.4 Å². The van der Waals surface area contributed by atoms with Gasteiger partial charge in [-0.05, 0) is 37.8 Å². The second kappa shape index (κ2) is 5.90. The maximum atomic E-state index is 12.8. The Balaban J connectivity index is 1.42. The van der Waals surface area contributed by atoms with E-state index in [9.17, 15) is 4.79 Å². The van der Waals surface area contributed by atoms with Crippen LogP contribution in [-0.4, -0.2) is 34.0 Å². The lowest BCUT2D eigenvalue weighted by Gasteiger charge is -2.40. The molecule has 4 rings (SSSR count). The van der Waals surface area contributed by atoms with Crippen molar-refractivity contribution in [2.45, 2.75) is 69.6 Å². The first kappa shape index (κ1) is 14.0. The van der Waals surface area contributed by atoms with Gasteiger partial charge < -0.3 is 9.64 Å². The van der Waals surface area contributed by atoms with Crippen LogP contribution in [0.2, 0.25) is 0 Å². The van der Waals surface area contributed by atoms with Crippen molar-refractivity contribution >= 4 is 5.91 Å². The van der Waals surface area contributed by atoms with Crippen molar-refractivity contribution in [1.29, 1.82) is 0 Å². The number of aromatic nitrogens is 1. The molecule has 1 amide bonds. The van der Waals surface area contributed by atoms with Crippen LogP contribution in [0.25, 0.3) is 0 Å². The molecule has 2 atom stereocenters. The number of carbonyl (C=O) groups excluding carboxylic acids is 1. The summed E-state index contributed by atoms with van der Waals surface area (Å²) in [6.45, 7) is 0. The van der Waals surface area contributed by atoms with E-state index in [0.29, 0.717) is 23.9 Å². The average Bonchev–Trinajstić information content (AvgIpc) is 3.15. The number of hydrogen-bond donors (Lipinski definition) is 0. The molecule has 0 N–H and O–H groups in total. The van der Waals surface area contributed by atoms with Gasteiger partial charge in [0.2, 0.25) is 5.91 Å². The molecule has 22 heavy (non-hydrogen) atoms. The van der Waals surface area contributed by atoms with Crippen LogP contribution >= 0.6 is 0 Å². The summed E-state index contributed by atoms with van der Waals surface area (Å²) in [5.74, 6) is 1.59. The van der Waals surface area contributed by atoms with Gasteiger partial charge in [0.25, 0.3) is 0 Å². The van der Waals surface area contributed by atoms with Gasteiger partial charge in [-0.1, -0.05) is 12.8 Å². The van der Waals surface area contributed by atoms with Crippen LogP contribution in [-0.2, 0) is 4.79 Å². The topological polar surface area (TPSA) is 42.4 Å². The zero-order chi connectivity index (χ0) is 14.9. The second-order valence-electron chi connectivity index (χ2n) is 7.01. The highest BCUT2D eigenvalue weighted by Crippen LogP contribution is 2.40. The van der Waals surface area contributed by atoms with Crippen molar-refractivity contribution in [3.63, 3.8) is 0 Å². The summed E-state index contributed by atoms with van der Waals surface area (Å²) in [5, 5.41) is 0. The lowest BCUT2D eigenvalue weighted by atomic mass is 9.96. The SMILES string of the molecule is O=C(C1CCCC1)N1C2CCC1CC(Oc1cccnc1)C2. The molecule has 2 saturated heterocycles. The molecule has 1 aromatic rings. The lowest BCUT2D eigenvalue weighted by Crippen LogP contribution is -2.50. The van der Waals surface area contributed by atoms with Crippen LogP contribution in [0.3, 0.4) is 0 Å². The van der Waals surface area contributed by atoms with Crippen LogP contribution < -0.4 is 4.74 Å². The number of amides is 1. The number of nitrogens with zero attached hydrogens (tertiary/aromatic N) is 2. The Hall–Kier alpha value is -1.58. The maximum absolute atomic E-state index is 12.8. The van der Waals surface area contributed by atoms with E-state index < -0.39 is 0 Å². The number of pyridine rings is 1. The van der Waals surface area contributed by atoms with Crippen molar-refractivity contribution in [2.24, 2.45) is 5.92 Å². The number of piperidine rings is 1. The smallest absolute Gasteiger partial charge is 0.226 e. The average molecular weight is 300 g/mol.